The Labute approximate surface area is 228 Å². The topological polar surface area (TPSA) is 79.4 Å². The summed E-state index contributed by atoms with van der Waals surface area (Å²) in [7, 11) is -0.671. The van der Waals surface area contributed by atoms with E-state index >= 15 is 0 Å². The van der Waals surface area contributed by atoms with Crippen molar-refractivity contribution in [2.24, 2.45) is 5.92 Å². The summed E-state index contributed by atoms with van der Waals surface area (Å²) in [6.45, 7) is 17.2. The molecule has 0 aromatic heterocycles. The van der Waals surface area contributed by atoms with Crippen LogP contribution in [0, 0.1) is 5.92 Å². The van der Waals surface area contributed by atoms with Crippen molar-refractivity contribution in [3.8, 4) is 0 Å². The van der Waals surface area contributed by atoms with Crippen molar-refractivity contribution in [3.05, 3.63) is 35.9 Å². The van der Waals surface area contributed by atoms with E-state index < -0.39 is 44.1 Å². The van der Waals surface area contributed by atoms with E-state index in [0.29, 0.717) is 0 Å². The Balaban J connectivity index is 2.27. The molecule has 1 heterocycles. The number of carbonyl (C=O) groups is 3. The fraction of sp³-hybridized carbons (Fsp3) is 0.679. The fourth-order valence-corrected chi connectivity index (χ4v) is 5.17. The monoisotopic (exact) mass is 551 g/mol. The van der Waals surface area contributed by atoms with Crippen LogP contribution in [0.25, 0.3) is 0 Å². The van der Waals surface area contributed by atoms with Crippen LogP contribution in [0.15, 0.2) is 30.3 Å². The Morgan fingerprint density at radius 3 is 2.11 bits per heavy atom. The molecule has 3 amide bonds. The van der Waals surface area contributed by atoms with Crippen LogP contribution in [-0.4, -0.2) is 85.5 Å². The highest BCUT2D eigenvalue weighted by molar-refractivity contribution is 6.74. The normalized spacial score (nSPS) is 17.5. The van der Waals surface area contributed by atoms with Gasteiger partial charge in [-0.25, -0.2) is 14.0 Å². The van der Waals surface area contributed by atoms with E-state index in [1.54, 1.807) is 7.05 Å². The zero-order valence-electron chi connectivity index (χ0n) is 24.7. The number of hydrogen-bond donors (Lipinski definition) is 0. The zero-order valence-corrected chi connectivity index (χ0v) is 25.7. The highest BCUT2D eigenvalue weighted by atomic mass is 28.4. The van der Waals surface area contributed by atoms with E-state index in [9.17, 15) is 18.8 Å². The molecule has 1 aromatic carbocycles. The number of rotatable bonds is 9. The molecule has 10 heteroatoms. The van der Waals surface area contributed by atoms with Crippen LogP contribution in [0.5, 0.6) is 0 Å². The number of ether oxygens (including phenoxy) is 1. The third kappa shape index (κ3) is 7.56. The first-order valence-corrected chi connectivity index (χ1v) is 16.2. The molecule has 1 aromatic rings. The summed E-state index contributed by atoms with van der Waals surface area (Å²) in [5, 5.41) is -0.0866. The Morgan fingerprint density at radius 2 is 1.61 bits per heavy atom. The van der Waals surface area contributed by atoms with Gasteiger partial charge in [0.05, 0.1) is 6.61 Å². The molecule has 2 rings (SSSR count). The number of esters is 1. The van der Waals surface area contributed by atoms with Gasteiger partial charge < -0.3 is 19.0 Å². The molecule has 0 radical (unpaired) electrons. The number of hydrogen-bond acceptors (Lipinski definition) is 5. The summed E-state index contributed by atoms with van der Waals surface area (Å²) in [5.41, 5.74) is -1.25. The first kappa shape index (κ1) is 31.8. The summed E-state index contributed by atoms with van der Waals surface area (Å²) in [6.07, 6.45) is -0.783. The lowest BCUT2D eigenvalue weighted by atomic mass is 10.0. The zero-order chi connectivity index (χ0) is 29.1. The quantitative estimate of drug-likeness (QED) is 0.317. The van der Waals surface area contributed by atoms with Gasteiger partial charge in [-0.2, -0.15) is 0 Å². The number of benzene rings is 1. The maximum Gasteiger partial charge on any atom is 0.329 e. The number of nitrogens with zero attached hydrogens (tertiary/aromatic N) is 3. The lowest BCUT2D eigenvalue weighted by Gasteiger charge is -2.40. The first-order chi connectivity index (χ1) is 17.4. The van der Waals surface area contributed by atoms with Gasteiger partial charge in [0.1, 0.15) is 18.8 Å². The lowest BCUT2D eigenvalue weighted by Crippen LogP contribution is -2.57. The lowest BCUT2D eigenvalue weighted by molar-refractivity contribution is -0.152. The largest absolute Gasteiger partial charge is 0.459 e. The minimum atomic E-state index is -2.23. The van der Waals surface area contributed by atoms with Gasteiger partial charge in [0.2, 0.25) is 0 Å². The predicted octanol–water partition coefficient (Wildman–Crippen LogP) is 5.05. The molecule has 1 unspecified atom stereocenters. The molecule has 214 valence electrons. The number of alkyl halides is 1. The number of amides is 3. The molecule has 0 bridgehead atoms. The highest BCUT2D eigenvalue weighted by Gasteiger charge is 2.47. The molecule has 0 saturated carbocycles. The highest BCUT2D eigenvalue weighted by Crippen LogP contribution is 2.37. The Kier molecular flexibility index (Phi) is 10.2. The summed E-state index contributed by atoms with van der Waals surface area (Å²) in [6, 6.07) is 8.07. The average molecular weight is 552 g/mol. The molecule has 1 aliphatic rings. The van der Waals surface area contributed by atoms with E-state index in [1.807, 2.05) is 44.2 Å². The van der Waals surface area contributed by atoms with Crippen molar-refractivity contribution >= 4 is 26.2 Å². The third-order valence-corrected chi connectivity index (χ3v) is 12.0. The minimum absolute atomic E-state index is 0.0721. The van der Waals surface area contributed by atoms with Crippen molar-refractivity contribution in [1.29, 1.82) is 0 Å². The summed E-state index contributed by atoms with van der Waals surface area (Å²) in [5.74, 6) is -1.42. The maximum absolute atomic E-state index is 14.7. The van der Waals surface area contributed by atoms with Crippen LogP contribution in [0.2, 0.25) is 18.1 Å². The van der Waals surface area contributed by atoms with Crippen LogP contribution in [0.1, 0.15) is 54.0 Å². The third-order valence-electron chi connectivity index (χ3n) is 7.53. The second kappa shape index (κ2) is 12.2. The van der Waals surface area contributed by atoms with Crippen molar-refractivity contribution in [3.63, 3.8) is 0 Å². The maximum atomic E-state index is 14.7. The number of urea groups is 1. The molecule has 8 nitrogen and oxygen atoms in total. The van der Waals surface area contributed by atoms with Gasteiger partial charge in [-0.1, -0.05) is 65.0 Å². The molecule has 2 atom stereocenters. The van der Waals surface area contributed by atoms with Gasteiger partial charge in [-0.05, 0) is 43.5 Å². The van der Waals surface area contributed by atoms with Crippen LogP contribution < -0.4 is 0 Å². The molecule has 38 heavy (non-hydrogen) atoms. The van der Waals surface area contributed by atoms with E-state index in [-0.39, 0.29) is 37.3 Å². The van der Waals surface area contributed by atoms with E-state index in [1.165, 1.54) is 28.5 Å². The van der Waals surface area contributed by atoms with Crippen molar-refractivity contribution < 1.29 is 27.9 Å². The van der Waals surface area contributed by atoms with Crippen LogP contribution >= 0.6 is 0 Å². The van der Waals surface area contributed by atoms with Gasteiger partial charge >= 0.3 is 12.0 Å². The predicted molar refractivity (Wildman–Crippen MR) is 149 cm³/mol. The molecule has 1 fully saturated rings. The van der Waals surface area contributed by atoms with E-state index in [4.69, 9.17) is 9.16 Å². The summed E-state index contributed by atoms with van der Waals surface area (Å²) < 4.78 is 26.7. The molecule has 0 N–H and O–H groups in total. The Hall–Kier alpha value is -2.46. The Morgan fingerprint density at radius 1 is 1.05 bits per heavy atom. The van der Waals surface area contributed by atoms with Gasteiger partial charge in [0, 0.05) is 20.1 Å². The standard InChI is InChI=1S/C28H46FN3O5Si/c1-20(2)23(24(33)36-18-21-14-12-11-13-15-21)30(8)26(35)32-17-16-31(25(34)28(6,7)29)22(32)19-37-38(9,10)27(3,4)5/h11-15,20,22-23H,16-19H2,1-10H3/t22?,23-/m0/s1. The van der Waals surface area contributed by atoms with Gasteiger partial charge in [0.15, 0.2) is 14.0 Å². The molecular weight excluding hydrogens is 505 g/mol. The molecular formula is C28H46FN3O5Si. The van der Waals surface area contributed by atoms with Crippen molar-refractivity contribution in [2.45, 2.75) is 91.1 Å². The number of likely N-dealkylation sites (N-methyl/N-ethyl adjacent to an activating group) is 1. The van der Waals surface area contributed by atoms with Crippen molar-refractivity contribution in [2.75, 3.05) is 26.7 Å². The van der Waals surface area contributed by atoms with E-state index in [2.05, 4.69) is 33.9 Å². The summed E-state index contributed by atoms with van der Waals surface area (Å²) in [4.78, 5) is 44.1. The number of carbonyl (C=O) groups excluding carboxylic acids is 3. The Bertz CT molecular complexity index is 975. The summed E-state index contributed by atoms with van der Waals surface area (Å²) >= 11 is 0. The molecule has 0 aliphatic carbocycles. The first-order valence-electron chi connectivity index (χ1n) is 13.3. The number of halogens is 1. The molecule has 1 saturated heterocycles. The van der Waals surface area contributed by atoms with Crippen LogP contribution in [0.3, 0.4) is 0 Å². The van der Waals surface area contributed by atoms with Gasteiger partial charge in [-0.15, -0.1) is 0 Å². The molecule has 0 spiro atoms. The van der Waals surface area contributed by atoms with E-state index in [0.717, 1.165) is 5.56 Å². The average Bonchev–Trinajstić information content (AvgIpc) is 3.23. The van der Waals surface area contributed by atoms with Gasteiger partial charge in [-0.3, -0.25) is 9.69 Å². The fourth-order valence-electron chi connectivity index (χ4n) is 4.18. The molecule has 1 aliphatic heterocycles. The van der Waals surface area contributed by atoms with Gasteiger partial charge in [0.25, 0.3) is 5.91 Å². The second-order valence-corrected chi connectivity index (χ2v) is 17.2. The van der Waals surface area contributed by atoms with Crippen LogP contribution in [-0.2, 0) is 25.4 Å². The van der Waals surface area contributed by atoms with Crippen molar-refractivity contribution in [1.82, 2.24) is 14.7 Å². The second-order valence-electron chi connectivity index (χ2n) is 12.4. The minimum Gasteiger partial charge on any atom is -0.459 e. The smallest absolute Gasteiger partial charge is 0.329 e. The SMILES string of the molecule is CC(C)[C@@H](C(=O)OCc1ccccc1)N(C)C(=O)N1CCN(C(=O)C(C)(C)F)C1CO[Si](C)(C)C(C)(C)C. The van der Waals surface area contributed by atoms with Crippen LogP contribution in [0.4, 0.5) is 9.18 Å².